The molecule has 0 aliphatic heterocycles. The Labute approximate surface area is 179 Å². The van der Waals surface area contributed by atoms with Gasteiger partial charge in [-0.15, -0.1) is 12.1 Å². The number of allylic oxidation sites excluding steroid dienone is 1. The molecule has 0 spiro atoms. The summed E-state index contributed by atoms with van der Waals surface area (Å²) in [5, 5.41) is 8.61. The van der Waals surface area contributed by atoms with Gasteiger partial charge in [-0.25, -0.2) is 4.98 Å². The quantitative estimate of drug-likeness (QED) is 0.472. The van der Waals surface area contributed by atoms with Crippen molar-refractivity contribution >= 4 is 17.6 Å². The fraction of sp³-hybridized carbons (Fsp3) is 0.0769. The van der Waals surface area contributed by atoms with Crippen molar-refractivity contribution in [2.24, 2.45) is 0 Å². The van der Waals surface area contributed by atoms with Gasteiger partial charge in [0.15, 0.2) is 0 Å². The largest absolute Gasteiger partial charge is 0.317 e. The van der Waals surface area contributed by atoms with Gasteiger partial charge in [0.25, 0.3) is 0 Å². The summed E-state index contributed by atoms with van der Waals surface area (Å²) in [7, 11) is 0. The SMILES string of the molecule is C=C(C)B(c1ccccc1)c1ccccc1.N#CCn1ccnc1-c1ccccc1. The first-order chi connectivity index (χ1) is 14.7. The third-order valence-corrected chi connectivity index (χ3v) is 4.75. The maximum absolute atomic E-state index is 8.61. The smallest absolute Gasteiger partial charge is 0.236 e. The lowest BCUT2D eigenvalue weighted by Crippen LogP contribution is -2.43. The average molecular weight is 389 g/mol. The highest BCUT2D eigenvalue weighted by molar-refractivity contribution is 6.90. The Hall–Kier alpha value is -3.84. The van der Waals surface area contributed by atoms with Gasteiger partial charge in [0, 0.05) is 18.0 Å². The molecule has 0 N–H and O–H groups in total. The molecular weight excluding hydrogens is 365 g/mol. The molecule has 3 aromatic carbocycles. The molecule has 3 nitrogen and oxygen atoms in total. The third kappa shape index (κ3) is 5.36. The van der Waals surface area contributed by atoms with E-state index in [0.29, 0.717) is 13.3 Å². The molecule has 30 heavy (non-hydrogen) atoms. The van der Waals surface area contributed by atoms with E-state index in [1.807, 2.05) is 53.2 Å². The normalized spacial score (nSPS) is 9.73. The fourth-order valence-electron chi connectivity index (χ4n) is 3.41. The van der Waals surface area contributed by atoms with Crippen molar-refractivity contribution in [3.05, 3.63) is 115 Å². The highest BCUT2D eigenvalue weighted by Gasteiger charge is 2.18. The molecule has 0 aliphatic rings. The molecule has 0 radical (unpaired) electrons. The van der Waals surface area contributed by atoms with Gasteiger partial charge in [-0.1, -0.05) is 109 Å². The number of hydrogen-bond donors (Lipinski definition) is 0. The second kappa shape index (κ2) is 10.6. The molecule has 1 aromatic heterocycles. The third-order valence-electron chi connectivity index (χ3n) is 4.75. The first kappa shape index (κ1) is 20.9. The summed E-state index contributed by atoms with van der Waals surface area (Å²) in [6.07, 6.45) is 3.52. The summed E-state index contributed by atoms with van der Waals surface area (Å²) in [6.45, 7) is 6.84. The Balaban J connectivity index is 0.000000172. The molecule has 0 bridgehead atoms. The van der Waals surface area contributed by atoms with Crippen LogP contribution in [0.15, 0.2) is 115 Å². The van der Waals surface area contributed by atoms with E-state index in [1.54, 1.807) is 6.20 Å². The molecule has 0 saturated carbocycles. The van der Waals surface area contributed by atoms with Crippen LogP contribution >= 0.6 is 0 Å². The van der Waals surface area contributed by atoms with Crippen LogP contribution in [0.3, 0.4) is 0 Å². The second-order valence-electron chi connectivity index (χ2n) is 7.00. The number of nitrogens with zero attached hydrogens (tertiary/aromatic N) is 3. The lowest BCUT2D eigenvalue weighted by atomic mass is 9.37. The van der Waals surface area contributed by atoms with Crippen LogP contribution in [0.25, 0.3) is 11.4 Å². The summed E-state index contributed by atoms with van der Waals surface area (Å²) >= 11 is 0. The molecule has 0 saturated heterocycles. The molecule has 0 unspecified atom stereocenters. The van der Waals surface area contributed by atoms with Gasteiger partial charge in [-0.3, -0.25) is 0 Å². The van der Waals surface area contributed by atoms with E-state index in [0.717, 1.165) is 11.4 Å². The molecule has 4 rings (SSSR count). The van der Waals surface area contributed by atoms with Crippen LogP contribution in [0, 0.1) is 11.3 Å². The molecule has 4 aromatic rings. The van der Waals surface area contributed by atoms with Gasteiger partial charge < -0.3 is 4.57 Å². The zero-order valence-electron chi connectivity index (χ0n) is 17.1. The van der Waals surface area contributed by atoms with Crippen molar-refractivity contribution in [1.82, 2.24) is 9.55 Å². The lowest BCUT2D eigenvalue weighted by Gasteiger charge is -2.14. The van der Waals surface area contributed by atoms with Crippen LogP contribution < -0.4 is 10.9 Å². The van der Waals surface area contributed by atoms with E-state index in [-0.39, 0.29) is 0 Å². The highest BCUT2D eigenvalue weighted by atomic mass is 15.1. The second-order valence-corrected chi connectivity index (χ2v) is 7.00. The fourth-order valence-corrected chi connectivity index (χ4v) is 3.41. The van der Waals surface area contributed by atoms with Crippen molar-refractivity contribution in [3.8, 4) is 17.5 Å². The average Bonchev–Trinajstić information content (AvgIpc) is 3.25. The molecule has 1 heterocycles. The van der Waals surface area contributed by atoms with Crippen LogP contribution in [-0.4, -0.2) is 16.3 Å². The molecular formula is C26H24BN3. The minimum atomic E-state index is 0.308. The van der Waals surface area contributed by atoms with Crippen LogP contribution in [0.2, 0.25) is 0 Å². The van der Waals surface area contributed by atoms with Crippen molar-refractivity contribution in [2.45, 2.75) is 13.5 Å². The Morgan fingerprint density at radius 3 is 1.87 bits per heavy atom. The molecule has 0 amide bonds. The van der Waals surface area contributed by atoms with Crippen LogP contribution in [-0.2, 0) is 6.54 Å². The van der Waals surface area contributed by atoms with Gasteiger partial charge in [-0.2, -0.15) is 5.26 Å². The summed E-state index contributed by atoms with van der Waals surface area (Å²) < 4.78 is 1.83. The van der Waals surface area contributed by atoms with Gasteiger partial charge in [0.2, 0.25) is 6.71 Å². The van der Waals surface area contributed by atoms with Crippen LogP contribution in [0.5, 0.6) is 0 Å². The van der Waals surface area contributed by atoms with Crippen molar-refractivity contribution < 1.29 is 0 Å². The predicted molar refractivity (Wildman–Crippen MR) is 126 cm³/mol. The van der Waals surface area contributed by atoms with E-state index in [9.17, 15) is 0 Å². The summed E-state index contributed by atoms with van der Waals surface area (Å²) in [5.41, 5.74) is 4.83. The van der Waals surface area contributed by atoms with Gasteiger partial charge in [0.05, 0.1) is 6.07 Å². The Kier molecular flexibility index (Phi) is 7.41. The highest BCUT2D eigenvalue weighted by Crippen LogP contribution is 2.16. The lowest BCUT2D eigenvalue weighted by molar-refractivity contribution is 0.841. The van der Waals surface area contributed by atoms with E-state index in [2.05, 4.69) is 73.1 Å². The maximum Gasteiger partial charge on any atom is 0.236 e. The van der Waals surface area contributed by atoms with E-state index >= 15 is 0 Å². The van der Waals surface area contributed by atoms with Crippen LogP contribution in [0.4, 0.5) is 0 Å². The number of rotatable bonds is 5. The van der Waals surface area contributed by atoms with E-state index in [4.69, 9.17) is 5.26 Å². The summed E-state index contributed by atoms with van der Waals surface area (Å²) in [4.78, 5) is 4.22. The Morgan fingerprint density at radius 2 is 1.40 bits per heavy atom. The number of aromatic nitrogens is 2. The Morgan fingerprint density at radius 1 is 0.900 bits per heavy atom. The zero-order valence-corrected chi connectivity index (χ0v) is 17.1. The number of hydrogen-bond acceptors (Lipinski definition) is 2. The molecule has 0 atom stereocenters. The zero-order chi connectivity index (χ0) is 21.2. The molecule has 0 aliphatic carbocycles. The number of benzene rings is 3. The monoisotopic (exact) mass is 389 g/mol. The topological polar surface area (TPSA) is 41.6 Å². The standard InChI is InChI=1S/C15H15B.C11H9N3/c1-13(2)16(14-9-5-3-6-10-14)15-11-7-4-8-12-15;12-6-8-14-9-7-13-11(14)10-4-2-1-3-5-10/h3-12H,1H2,2H3;1-5,7,9H,8H2. The van der Waals surface area contributed by atoms with Crippen molar-refractivity contribution in [2.75, 3.05) is 0 Å². The maximum atomic E-state index is 8.61. The van der Waals surface area contributed by atoms with E-state index in [1.165, 1.54) is 16.4 Å². The summed E-state index contributed by atoms with van der Waals surface area (Å²) in [6, 6.07) is 33.0. The van der Waals surface area contributed by atoms with Gasteiger partial charge >= 0.3 is 0 Å². The first-order valence-electron chi connectivity index (χ1n) is 9.89. The van der Waals surface area contributed by atoms with Crippen molar-refractivity contribution in [3.63, 3.8) is 0 Å². The number of nitriles is 1. The number of imidazole rings is 1. The molecule has 4 heteroatoms. The van der Waals surface area contributed by atoms with Crippen LogP contribution in [0.1, 0.15) is 6.92 Å². The minimum Gasteiger partial charge on any atom is -0.317 e. The van der Waals surface area contributed by atoms with E-state index < -0.39 is 0 Å². The van der Waals surface area contributed by atoms with Crippen molar-refractivity contribution in [1.29, 1.82) is 5.26 Å². The van der Waals surface area contributed by atoms with Gasteiger partial charge in [0.1, 0.15) is 12.4 Å². The summed E-state index contributed by atoms with van der Waals surface area (Å²) in [5.74, 6) is 0.840. The molecule has 146 valence electrons. The van der Waals surface area contributed by atoms with Gasteiger partial charge in [-0.05, 0) is 0 Å². The minimum absolute atomic E-state index is 0.308. The predicted octanol–water partition coefficient (Wildman–Crippen LogP) is 4.48. The molecule has 0 fully saturated rings. The first-order valence-corrected chi connectivity index (χ1v) is 9.89. The Bertz CT molecular complexity index is 1060.